The number of aromatic nitrogens is 3. The molecule has 2 N–H and O–H groups in total. The molecule has 0 saturated carbocycles. The minimum Gasteiger partial charge on any atom is -0.387 e. The molecule has 1 amide bonds. The molecule has 1 atom stereocenters. The molecule has 118 valence electrons. The van der Waals surface area contributed by atoms with Crippen LogP contribution in [-0.2, 0) is 0 Å². The van der Waals surface area contributed by atoms with Gasteiger partial charge in [-0.05, 0) is 46.7 Å². The first kappa shape index (κ1) is 15.3. The molecule has 2 aromatic heterocycles. The fraction of sp³-hybridized carbons (Fsp3) is 0.133. The molecule has 0 aliphatic carbocycles. The molecule has 0 spiro atoms. The van der Waals surface area contributed by atoms with Gasteiger partial charge in [-0.25, -0.2) is 4.39 Å². The standard InChI is InChI=1S/C15H13FN4O2S/c16-11-1-3-12(4-2-11)20-18-7-13(19-20)15(22)17-8-14(21)10-5-6-23-9-10/h1-7,9,14,21H,8H2,(H,17,22). The van der Waals surface area contributed by atoms with E-state index in [1.54, 1.807) is 6.07 Å². The Labute approximate surface area is 135 Å². The number of aliphatic hydroxyl groups is 1. The second-order valence-electron chi connectivity index (χ2n) is 4.78. The van der Waals surface area contributed by atoms with E-state index in [1.807, 2.05) is 10.8 Å². The molecule has 0 bridgehead atoms. The Morgan fingerprint density at radius 3 is 2.83 bits per heavy atom. The van der Waals surface area contributed by atoms with Crippen molar-refractivity contribution in [2.45, 2.75) is 6.10 Å². The van der Waals surface area contributed by atoms with Crippen LogP contribution in [0, 0.1) is 5.82 Å². The fourth-order valence-corrected chi connectivity index (χ4v) is 2.64. The summed E-state index contributed by atoms with van der Waals surface area (Å²) in [6.07, 6.45) is 0.549. The molecule has 0 fully saturated rings. The molecule has 1 unspecified atom stereocenters. The molecule has 2 heterocycles. The molecule has 1 aromatic carbocycles. The van der Waals surface area contributed by atoms with Crippen LogP contribution in [0.2, 0.25) is 0 Å². The number of hydrogen-bond donors (Lipinski definition) is 2. The van der Waals surface area contributed by atoms with E-state index >= 15 is 0 Å². The van der Waals surface area contributed by atoms with Crippen molar-refractivity contribution >= 4 is 17.2 Å². The fourth-order valence-electron chi connectivity index (χ4n) is 1.93. The number of benzene rings is 1. The van der Waals surface area contributed by atoms with Gasteiger partial charge in [-0.3, -0.25) is 4.79 Å². The van der Waals surface area contributed by atoms with E-state index in [-0.39, 0.29) is 18.1 Å². The van der Waals surface area contributed by atoms with Gasteiger partial charge in [0.1, 0.15) is 5.82 Å². The van der Waals surface area contributed by atoms with Crippen molar-refractivity contribution < 1.29 is 14.3 Å². The van der Waals surface area contributed by atoms with Gasteiger partial charge in [0.15, 0.2) is 5.69 Å². The zero-order valence-electron chi connectivity index (χ0n) is 11.9. The maximum absolute atomic E-state index is 12.9. The van der Waals surface area contributed by atoms with Gasteiger partial charge in [-0.1, -0.05) is 0 Å². The predicted octanol–water partition coefficient (Wildman–Crippen LogP) is 1.93. The lowest BCUT2D eigenvalue weighted by Gasteiger charge is -2.09. The number of carbonyl (C=O) groups excluding carboxylic acids is 1. The van der Waals surface area contributed by atoms with E-state index in [4.69, 9.17) is 0 Å². The minimum absolute atomic E-state index is 0.0823. The number of carbonyl (C=O) groups is 1. The van der Waals surface area contributed by atoms with Crippen LogP contribution in [-0.4, -0.2) is 32.6 Å². The van der Waals surface area contributed by atoms with Gasteiger partial charge in [-0.15, -0.1) is 5.10 Å². The highest BCUT2D eigenvalue weighted by molar-refractivity contribution is 7.07. The molecule has 0 radical (unpaired) electrons. The van der Waals surface area contributed by atoms with Gasteiger partial charge < -0.3 is 10.4 Å². The molecular formula is C15H13FN4O2S. The number of nitrogens with zero attached hydrogens (tertiary/aromatic N) is 3. The lowest BCUT2D eigenvalue weighted by Crippen LogP contribution is -2.28. The molecular weight excluding hydrogens is 319 g/mol. The van der Waals surface area contributed by atoms with Crippen LogP contribution in [0.15, 0.2) is 47.3 Å². The SMILES string of the molecule is O=C(NCC(O)c1ccsc1)c1cnn(-c2ccc(F)cc2)n1. The van der Waals surface area contributed by atoms with Crippen molar-refractivity contribution in [1.82, 2.24) is 20.3 Å². The molecule has 0 saturated heterocycles. The van der Waals surface area contributed by atoms with Gasteiger partial charge in [0.2, 0.25) is 0 Å². The summed E-state index contributed by atoms with van der Waals surface area (Å²) >= 11 is 1.48. The summed E-state index contributed by atoms with van der Waals surface area (Å²) in [6.45, 7) is 0.0823. The maximum atomic E-state index is 12.9. The number of halogens is 1. The minimum atomic E-state index is -0.766. The van der Waals surface area contributed by atoms with E-state index in [0.29, 0.717) is 5.69 Å². The van der Waals surface area contributed by atoms with Crippen LogP contribution in [0.5, 0.6) is 0 Å². The monoisotopic (exact) mass is 332 g/mol. The summed E-state index contributed by atoms with van der Waals surface area (Å²) in [5.41, 5.74) is 1.42. The van der Waals surface area contributed by atoms with Crippen molar-refractivity contribution in [3.8, 4) is 5.69 Å². The summed E-state index contributed by atoms with van der Waals surface area (Å²) in [5, 5.41) is 24.2. The zero-order valence-corrected chi connectivity index (χ0v) is 12.7. The van der Waals surface area contributed by atoms with Crippen molar-refractivity contribution in [2.75, 3.05) is 6.54 Å². The van der Waals surface area contributed by atoms with E-state index in [1.165, 1.54) is 46.6 Å². The number of aliphatic hydroxyl groups excluding tert-OH is 1. The Morgan fingerprint density at radius 1 is 1.35 bits per heavy atom. The third-order valence-electron chi connectivity index (χ3n) is 3.17. The van der Waals surface area contributed by atoms with Crippen molar-refractivity contribution in [1.29, 1.82) is 0 Å². The van der Waals surface area contributed by atoms with Crippen molar-refractivity contribution in [3.63, 3.8) is 0 Å². The Hall–Kier alpha value is -2.58. The number of thiophene rings is 1. The maximum Gasteiger partial charge on any atom is 0.273 e. The molecule has 0 aliphatic heterocycles. The second-order valence-corrected chi connectivity index (χ2v) is 5.56. The highest BCUT2D eigenvalue weighted by Crippen LogP contribution is 2.15. The average molecular weight is 332 g/mol. The van der Waals surface area contributed by atoms with Crippen LogP contribution < -0.4 is 5.32 Å². The molecule has 3 aromatic rings. The highest BCUT2D eigenvalue weighted by atomic mass is 32.1. The molecule has 23 heavy (non-hydrogen) atoms. The van der Waals surface area contributed by atoms with Crippen molar-refractivity contribution in [3.05, 3.63) is 64.4 Å². The van der Waals surface area contributed by atoms with Crippen molar-refractivity contribution in [2.24, 2.45) is 0 Å². The Kier molecular flexibility index (Phi) is 4.45. The highest BCUT2D eigenvalue weighted by Gasteiger charge is 2.14. The van der Waals surface area contributed by atoms with Gasteiger partial charge in [0.05, 0.1) is 18.0 Å². The first-order chi connectivity index (χ1) is 11.1. The Bertz CT molecular complexity index is 786. The van der Waals surface area contributed by atoms with Crippen LogP contribution >= 0.6 is 11.3 Å². The Balaban J connectivity index is 1.63. The number of hydrogen-bond acceptors (Lipinski definition) is 5. The number of rotatable bonds is 5. The number of amides is 1. The molecule has 8 heteroatoms. The lowest BCUT2D eigenvalue weighted by atomic mass is 10.2. The van der Waals surface area contributed by atoms with E-state index in [2.05, 4.69) is 15.5 Å². The van der Waals surface area contributed by atoms with Crippen LogP contribution in [0.3, 0.4) is 0 Å². The number of nitrogens with one attached hydrogen (secondary N) is 1. The van der Waals surface area contributed by atoms with Gasteiger partial charge >= 0.3 is 0 Å². The van der Waals surface area contributed by atoms with Gasteiger partial charge in [0, 0.05) is 6.54 Å². The normalized spacial score (nSPS) is 12.1. The largest absolute Gasteiger partial charge is 0.387 e. The summed E-state index contributed by atoms with van der Waals surface area (Å²) in [6, 6.07) is 7.40. The summed E-state index contributed by atoms with van der Waals surface area (Å²) < 4.78 is 12.9. The van der Waals surface area contributed by atoms with Gasteiger partial charge in [-0.2, -0.15) is 21.2 Å². The smallest absolute Gasteiger partial charge is 0.273 e. The van der Waals surface area contributed by atoms with Crippen LogP contribution in [0.1, 0.15) is 22.2 Å². The van der Waals surface area contributed by atoms with Gasteiger partial charge in [0.25, 0.3) is 5.91 Å². The third-order valence-corrected chi connectivity index (χ3v) is 3.87. The lowest BCUT2D eigenvalue weighted by molar-refractivity contribution is 0.0911. The zero-order chi connectivity index (χ0) is 16.2. The Morgan fingerprint density at radius 2 is 2.13 bits per heavy atom. The van der Waals surface area contributed by atoms with Crippen LogP contribution in [0.4, 0.5) is 4.39 Å². The first-order valence-electron chi connectivity index (χ1n) is 6.80. The predicted molar refractivity (Wildman–Crippen MR) is 82.9 cm³/mol. The van der Waals surface area contributed by atoms with E-state index < -0.39 is 12.0 Å². The second kappa shape index (κ2) is 6.67. The summed E-state index contributed by atoms with van der Waals surface area (Å²) in [4.78, 5) is 13.3. The van der Waals surface area contributed by atoms with E-state index in [0.717, 1.165) is 5.56 Å². The van der Waals surface area contributed by atoms with Crippen LogP contribution in [0.25, 0.3) is 5.69 Å². The quantitative estimate of drug-likeness (QED) is 0.748. The third kappa shape index (κ3) is 3.61. The summed E-state index contributed by atoms with van der Waals surface area (Å²) in [7, 11) is 0. The summed E-state index contributed by atoms with van der Waals surface area (Å²) in [5.74, 6) is -0.797. The molecule has 3 rings (SSSR count). The van der Waals surface area contributed by atoms with E-state index in [9.17, 15) is 14.3 Å². The first-order valence-corrected chi connectivity index (χ1v) is 7.74. The average Bonchev–Trinajstić information content (AvgIpc) is 3.24. The molecule has 0 aliphatic rings. The topological polar surface area (TPSA) is 80.0 Å². The molecule has 6 nitrogen and oxygen atoms in total.